The molecule has 8 heteroatoms. The minimum Gasteiger partial charge on any atom is -0.480 e. The van der Waals surface area contributed by atoms with Crippen molar-refractivity contribution >= 4 is 23.8 Å². The molecule has 0 saturated carbocycles. The van der Waals surface area contributed by atoms with E-state index >= 15 is 0 Å². The number of carbonyl (C=O) groups excluding carboxylic acids is 2. The molecule has 0 radical (unpaired) electrons. The largest absolute Gasteiger partial charge is 0.480 e. The molecule has 2 aliphatic rings. The zero-order valence-electron chi connectivity index (χ0n) is 14.4. The predicted octanol–water partition coefficient (Wildman–Crippen LogP) is 1.09. The van der Waals surface area contributed by atoms with Gasteiger partial charge in [0.1, 0.15) is 12.1 Å². The number of nitrogens with zero attached hydrogens (tertiary/aromatic N) is 2. The Kier molecular flexibility index (Phi) is 6.78. The molecule has 2 amide bonds. The molecule has 25 heavy (non-hydrogen) atoms. The van der Waals surface area contributed by atoms with Gasteiger partial charge in [-0.15, -0.1) is 0 Å². The van der Waals surface area contributed by atoms with Crippen LogP contribution < -0.4 is 0 Å². The van der Waals surface area contributed by atoms with E-state index < -0.39 is 24.0 Å². The van der Waals surface area contributed by atoms with Gasteiger partial charge in [-0.1, -0.05) is 6.42 Å². The molecule has 0 aromatic rings. The van der Waals surface area contributed by atoms with Crippen LogP contribution in [0.15, 0.2) is 0 Å². The smallest absolute Gasteiger partial charge is 0.326 e. The van der Waals surface area contributed by atoms with Crippen molar-refractivity contribution in [1.29, 1.82) is 0 Å². The monoisotopic (exact) mass is 354 g/mol. The topological polar surface area (TPSA) is 115 Å². The molecule has 2 aliphatic heterocycles. The van der Waals surface area contributed by atoms with Gasteiger partial charge in [0.2, 0.25) is 11.8 Å². The maximum atomic E-state index is 12.1. The van der Waals surface area contributed by atoms with Crippen LogP contribution in [0.2, 0.25) is 0 Å². The van der Waals surface area contributed by atoms with Crippen molar-refractivity contribution in [2.45, 2.75) is 69.9 Å². The van der Waals surface area contributed by atoms with Gasteiger partial charge in [-0.25, -0.2) is 9.59 Å². The van der Waals surface area contributed by atoms with Crippen molar-refractivity contribution in [1.82, 2.24) is 9.80 Å². The Morgan fingerprint density at radius 3 is 1.48 bits per heavy atom. The number of likely N-dealkylation sites (tertiary alicyclic amines) is 2. The van der Waals surface area contributed by atoms with E-state index in [2.05, 4.69) is 0 Å². The van der Waals surface area contributed by atoms with E-state index in [9.17, 15) is 19.2 Å². The van der Waals surface area contributed by atoms with E-state index in [-0.39, 0.29) is 11.8 Å². The summed E-state index contributed by atoms with van der Waals surface area (Å²) in [6, 6.07) is -1.39. The fraction of sp³-hybridized carbons (Fsp3) is 0.765. The summed E-state index contributed by atoms with van der Waals surface area (Å²) in [6.07, 6.45) is 4.95. The molecule has 2 heterocycles. The highest BCUT2D eigenvalue weighted by Crippen LogP contribution is 2.21. The highest BCUT2D eigenvalue weighted by atomic mass is 16.4. The SMILES string of the molecule is O=C(O)[C@H]1CCCN1C(=O)CCCCCC(=O)N1CCC[C@@H]1C(=O)O. The van der Waals surface area contributed by atoms with Crippen molar-refractivity contribution in [2.75, 3.05) is 13.1 Å². The van der Waals surface area contributed by atoms with Crippen molar-refractivity contribution in [3.63, 3.8) is 0 Å². The summed E-state index contributed by atoms with van der Waals surface area (Å²) >= 11 is 0. The summed E-state index contributed by atoms with van der Waals surface area (Å²) in [5, 5.41) is 18.2. The number of unbranched alkanes of at least 4 members (excludes halogenated alkanes) is 2. The number of carboxylic acids is 2. The second-order valence-corrected chi connectivity index (χ2v) is 6.73. The van der Waals surface area contributed by atoms with Gasteiger partial charge in [-0.2, -0.15) is 0 Å². The Balaban J connectivity index is 1.64. The molecule has 2 saturated heterocycles. The first-order chi connectivity index (χ1) is 11.9. The molecular weight excluding hydrogens is 328 g/mol. The molecule has 0 spiro atoms. The summed E-state index contributed by atoms with van der Waals surface area (Å²) in [4.78, 5) is 49.3. The second-order valence-electron chi connectivity index (χ2n) is 6.73. The quantitative estimate of drug-likeness (QED) is 0.631. The number of hydrogen-bond acceptors (Lipinski definition) is 4. The van der Waals surface area contributed by atoms with Crippen LogP contribution in [-0.4, -0.2) is 68.9 Å². The molecule has 2 fully saturated rings. The fourth-order valence-electron chi connectivity index (χ4n) is 3.66. The first kappa shape index (κ1) is 19.2. The molecule has 0 aromatic carbocycles. The predicted molar refractivity (Wildman–Crippen MR) is 87.8 cm³/mol. The third-order valence-electron chi connectivity index (χ3n) is 5.00. The van der Waals surface area contributed by atoms with Gasteiger partial charge in [0.05, 0.1) is 0 Å². The van der Waals surface area contributed by atoms with Crippen LogP contribution in [0.25, 0.3) is 0 Å². The Morgan fingerprint density at radius 1 is 0.720 bits per heavy atom. The lowest BCUT2D eigenvalue weighted by Crippen LogP contribution is -2.40. The highest BCUT2D eigenvalue weighted by molar-refractivity contribution is 5.85. The second kappa shape index (κ2) is 8.82. The standard InChI is InChI=1S/C17H26N2O6/c20-14(18-10-4-6-12(18)16(22)23)8-2-1-3-9-15(21)19-11-5-7-13(19)17(24)25/h12-13H,1-11H2,(H,22,23)(H,24,25)/t12-,13-/m1/s1. The van der Waals surface area contributed by atoms with Crippen LogP contribution in [0, 0.1) is 0 Å². The van der Waals surface area contributed by atoms with E-state index in [1.807, 2.05) is 0 Å². The number of carboxylic acid groups (broad SMARTS) is 2. The maximum Gasteiger partial charge on any atom is 0.326 e. The average Bonchev–Trinajstić information content (AvgIpc) is 3.23. The number of carbonyl (C=O) groups is 4. The van der Waals surface area contributed by atoms with E-state index in [4.69, 9.17) is 10.2 Å². The van der Waals surface area contributed by atoms with Crippen molar-refractivity contribution in [2.24, 2.45) is 0 Å². The summed E-state index contributed by atoms with van der Waals surface area (Å²) < 4.78 is 0. The van der Waals surface area contributed by atoms with Gasteiger partial charge < -0.3 is 20.0 Å². The average molecular weight is 354 g/mol. The molecule has 2 rings (SSSR count). The summed E-state index contributed by atoms with van der Waals surface area (Å²) in [5.41, 5.74) is 0. The van der Waals surface area contributed by atoms with Gasteiger partial charge in [-0.05, 0) is 38.5 Å². The van der Waals surface area contributed by atoms with E-state index in [1.165, 1.54) is 9.80 Å². The zero-order valence-corrected chi connectivity index (χ0v) is 14.4. The van der Waals surface area contributed by atoms with Crippen molar-refractivity contribution in [3.05, 3.63) is 0 Å². The summed E-state index contributed by atoms with van der Waals surface area (Å²) in [5.74, 6) is -2.17. The first-order valence-corrected chi connectivity index (χ1v) is 8.96. The Hall–Kier alpha value is -2.12. The van der Waals surface area contributed by atoms with Crippen LogP contribution in [0.1, 0.15) is 57.8 Å². The van der Waals surface area contributed by atoms with Crippen molar-refractivity contribution in [3.8, 4) is 0 Å². The number of amides is 2. The minimum atomic E-state index is -0.949. The van der Waals surface area contributed by atoms with Crippen LogP contribution in [0.4, 0.5) is 0 Å². The van der Waals surface area contributed by atoms with Gasteiger partial charge in [0, 0.05) is 25.9 Å². The van der Waals surface area contributed by atoms with Gasteiger partial charge >= 0.3 is 11.9 Å². The third-order valence-corrected chi connectivity index (χ3v) is 5.00. The molecule has 0 aliphatic carbocycles. The highest BCUT2D eigenvalue weighted by Gasteiger charge is 2.34. The molecule has 2 N–H and O–H groups in total. The Morgan fingerprint density at radius 2 is 1.12 bits per heavy atom. The van der Waals surface area contributed by atoms with Gasteiger partial charge in [-0.3, -0.25) is 9.59 Å². The molecule has 0 unspecified atom stereocenters. The number of hydrogen-bond donors (Lipinski definition) is 2. The lowest BCUT2D eigenvalue weighted by molar-refractivity contribution is -0.148. The molecule has 0 bridgehead atoms. The molecular formula is C17H26N2O6. The zero-order chi connectivity index (χ0) is 18.4. The van der Waals surface area contributed by atoms with Gasteiger partial charge in [0.15, 0.2) is 0 Å². The summed E-state index contributed by atoms with van der Waals surface area (Å²) in [6.45, 7) is 1.000. The lowest BCUT2D eigenvalue weighted by Gasteiger charge is -2.22. The van der Waals surface area contributed by atoms with E-state index in [0.717, 1.165) is 12.8 Å². The van der Waals surface area contributed by atoms with Crippen molar-refractivity contribution < 1.29 is 29.4 Å². The van der Waals surface area contributed by atoms with Crippen LogP contribution in [-0.2, 0) is 19.2 Å². The molecule has 140 valence electrons. The first-order valence-electron chi connectivity index (χ1n) is 8.96. The normalized spacial score (nSPS) is 23.0. The fourth-order valence-corrected chi connectivity index (χ4v) is 3.66. The summed E-state index contributed by atoms with van der Waals surface area (Å²) in [7, 11) is 0. The number of aliphatic carboxylic acids is 2. The minimum absolute atomic E-state index is 0.137. The number of rotatable bonds is 8. The Bertz CT molecular complexity index is 489. The van der Waals surface area contributed by atoms with Crippen LogP contribution in [0.5, 0.6) is 0 Å². The lowest BCUT2D eigenvalue weighted by atomic mass is 10.1. The third kappa shape index (κ3) is 4.93. The maximum absolute atomic E-state index is 12.1. The van der Waals surface area contributed by atoms with E-state index in [1.54, 1.807) is 0 Å². The van der Waals surface area contributed by atoms with Gasteiger partial charge in [0.25, 0.3) is 0 Å². The van der Waals surface area contributed by atoms with Crippen LogP contribution >= 0.6 is 0 Å². The molecule has 2 atom stereocenters. The van der Waals surface area contributed by atoms with Crippen LogP contribution in [0.3, 0.4) is 0 Å². The Labute approximate surface area is 146 Å². The van der Waals surface area contributed by atoms with E-state index in [0.29, 0.717) is 58.0 Å². The molecule has 0 aromatic heterocycles. The molecule has 8 nitrogen and oxygen atoms in total.